The molecule has 2 N–H and O–H groups in total. The van der Waals surface area contributed by atoms with Crippen LogP contribution >= 0.6 is 0 Å². The molecule has 102 valence electrons. The van der Waals surface area contributed by atoms with Crippen LogP contribution in [0.2, 0.25) is 0 Å². The lowest BCUT2D eigenvalue weighted by atomic mass is 10.0. The van der Waals surface area contributed by atoms with Crippen molar-refractivity contribution in [1.82, 2.24) is 5.32 Å². The quantitative estimate of drug-likeness (QED) is 0.746. The average molecular weight is 251 g/mol. The van der Waals surface area contributed by atoms with E-state index < -0.39 is 0 Å². The Morgan fingerprint density at radius 2 is 2.11 bits per heavy atom. The SMILES string of the molecule is CCNC(CCO)COc1cccc(C(C)C)c1. The highest BCUT2D eigenvalue weighted by molar-refractivity contribution is 5.30. The first-order valence-corrected chi connectivity index (χ1v) is 6.74. The summed E-state index contributed by atoms with van der Waals surface area (Å²) >= 11 is 0. The number of rotatable bonds is 8. The fraction of sp³-hybridized carbons (Fsp3) is 0.600. The minimum absolute atomic E-state index is 0.188. The van der Waals surface area contributed by atoms with E-state index >= 15 is 0 Å². The average Bonchev–Trinajstić information content (AvgIpc) is 2.37. The minimum atomic E-state index is 0.188. The van der Waals surface area contributed by atoms with Crippen LogP contribution < -0.4 is 10.1 Å². The van der Waals surface area contributed by atoms with E-state index in [1.165, 1.54) is 5.56 Å². The zero-order chi connectivity index (χ0) is 13.4. The summed E-state index contributed by atoms with van der Waals surface area (Å²) in [6.07, 6.45) is 0.720. The molecule has 3 nitrogen and oxygen atoms in total. The smallest absolute Gasteiger partial charge is 0.119 e. The number of benzene rings is 1. The molecule has 0 spiro atoms. The van der Waals surface area contributed by atoms with Crippen LogP contribution in [0.15, 0.2) is 24.3 Å². The van der Waals surface area contributed by atoms with Crippen LogP contribution in [-0.2, 0) is 0 Å². The third kappa shape index (κ3) is 5.07. The number of aliphatic hydroxyl groups is 1. The molecule has 0 amide bonds. The third-order valence-corrected chi connectivity index (χ3v) is 2.95. The molecule has 0 fully saturated rings. The molecule has 3 heteroatoms. The number of ether oxygens (including phenoxy) is 1. The monoisotopic (exact) mass is 251 g/mol. The largest absolute Gasteiger partial charge is 0.492 e. The van der Waals surface area contributed by atoms with Gasteiger partial charge in [-0.25, -0.2) is 0 Å². The van der Waals surface area contributed by atoms with Gasteiger partial charge in [-0.1, -0.05) is 32.9 Å². The van der Waals surface area contributed by atoms with Gasteiger partial charge in [0, 0.05) is 12.6 Å². The van der Waals surface area contributed by atoms with Crippen molar-refractivity contribution in [2.45, 2.75) is 39.2 Å². The van der Waals surface area contributed by atoms with Gasteiger partial charge in [0.2, 0.25) is 0 Å². The second kappa shape index (κ2) is 8.11. The van der Waals surface area contributed by atoms with Gasteiger partial charge in [-0.2, -0.15) is 0 Å². The molecule has 1 unspecified atom stereocenters. The Balaban J connectivity index is 2.53. The van der Waals surface area contributed by atoms with E-state index in [1.807, 2.05) is 12.1 Å². The van der Waals surface area contributed by atoms with Crippen molar-refractivity contribution in [3.63, 3.8) is 0 Å². The molecule has 0 heterocycles. The van der Waals surface area contributed by atoms with E-state index in [9.17, 15) is 0 Å². The second-order valence-corrected chi connectivity index (χ2v) is 4.81. The third-order valence-electron chi connectivity index (χ3n) is 2.95. The van der Waals surface area contributed by atoms with Gasteiger partial charge in [-0.05, 0) is 36.6 Å². The minimum Gasteiger partial charge on any atom is -0.492 e. The summed E-state index contributed by atoms with van der Waals surface area (Å²) in [5, 5.41) is 12.3. The van der Waals surface area contributed by atoms with E-state index in [0.29, 0.717) is 12.5 Å². The summed E-state index contributed by atoms with van der Waals surface area (Å²) in [6, 6.07) is 8.43. The molecule has 1 aromatic carbocycles. The second-order valence-electron chi connectivity index (χ2n) is 4.81. The molecule has 0 aliphatic rings. The van der Waals surface area contributed by atoms with Crippen LogP contribution in [0.3, 0.4) is 0 Å². The molecule has 0 radical (unpaired) electrons. The van der Waals surface area contributed by atoms with Gasteiger partial charge in [0.05, 0.1) is 0 Å². The molecule has 0 bridgehead atoms. The molecule has 0 aliphatic carbocycles. The van der Waals surface area contributed by atoms with Crippen LogP contribution in [0, 0.1) is 0 Å². The van der Waals surface area contributed by atoms with Gasteiger partial charge in [0.15, 0.2) is 0 Å². The number of likely N-dealkylation sites (N-methyl/N-ethyl adjacent to an activating group) is 1. The zero-order valence-corrected chi connectivity index (χ0v) is 11.6. The summed E-state index contributed by atoms with van der Waals surface area (Å²) in [5.74, 6) is 1.41. The Morgan fingerprint density at radius 3 is 2.72 bits per heavy atom. The molecule has 0 saturated heterocycles. The first-order valence-electron chi connectivity index (χ1n) is 6.74. The topological polar surface area (TPSA) is 41.5 Å². The Morgan fingerprint density at radius 1 is 1.33 bits per heavy atom. The van der Waals surface area contributed by atoms with Gasteiger partial charge in [-0.15, -0.1) is 0 Å². The van der Waals surface area contributed by atoms with Crippen molar-refractivity contribution in [2.24, 2.45) is 0 Å². The van der Waals surface area contributed by atoms with Crippen molar-refractivity contribution in [3.8, 4) is 5.75 Å². The first kappa shape index (κ1) is 15.0. The van der Waals surface area contributed by atoms with Gasteiger partial charge in [-0.3, -0.25) is 0 Å². The molecular formula is C15H25NO2. The van der Waals surface area contributed by atoms with Crippen LogP contribution in [-0.4, -0.2) is 30.9 Å². The number of nitrogens with one attached hydrogen (secondary N) is 1. The van der Waals surface area contributed by atoms with Gasteiger partial charge in [0.25, 0.3) is 0 Å². The maximum Gasteiger partial charge on any atom is 0.119 e. The lowest BCUT2D eigenvalue weighted by Crippen LogP contribution is -2.35. The normalized spacial score (nSPS) is 12.7. The van der Waals surface area contributed by atoms with E-state index in [4.69, 9.17) is 9.84 Å². The van der Waals surface area contributed by atoms with Gasteiger partial charge < -0.3 is 15.2 Å². The first-order chi connectivity index (χ1) is 8.67. The summed E-state index contributed by atoms with van der Waals surface area (Å²) in [5.41, 5.74) is 1.29. The number of hydrogen-bond donors (Lipinski definition) is 2. The highest BCUT2D eigenvalue weighted by Crippen LogP contribution is 2.20. The van der Waals surface area contributed by atoms with E-state index in [0.717, 1.165) is 18.7 Å². The molecule has 0 aliphatic heterocycles. The van der Waals surface area contributed by atoms with Crippen molar-refractivity contribution >= 4 is 0 Å². The van der Waals surface area contributed by atoms with Crippen molar-refractivity contribution in [1.29, 1.82) is 0 Å². The van der Waals surface area contributed by atoms with E-state index in [-0.39, 0.29) is 12.6 Å². The predicted octanol–water partition coefficient (Wildman–Crippen LogP) is 2.55. The van der Waals surface area contributed by atoms with E-state index in [2.05, 4.69) is 38.2 Å². The lowest BCUT2D eigenvalue weighted by molar-refractivity contribution is 0.215. The van der Waals surface area contributed by atoms with Crippen LogP contribution in [0.1, 0.15) is 38.7 Å². The van der Waals surface area contributed by atoms with Crippen molar-refractivity contribution < 1.29 is 9.84 Å². The summed E-state index contributed by atoms with van der Waals surface area (Å²) in [4.78, 5) is 0. The van der Waals surface area contributed by atoms with Crippen LogP contribution in [0.25, 0.3) is 0 Å². The Hall–Kier alpha value is -1.06. The summed E-state index contributed by atoms with van der Waals surface area (Å²) in [6.45, 7) is 8.07. The highest BCUT2D eigenvalue weighted by atomic mass is 16.5. The molecular weight excluding hydrogens is 226 g/mol. The van der Waals surface area contributed by atoms with Crippen molar-refractivity contribution in [3.05, 3.63) is 29.8 Å². The standard InChI is InChI=1S/C15H25NO2/c1-4-16-14(8-9-17)11-18-15-7-5-6-13(10-15)12(2)3/h5-7,10,12,14,16-17H,4,8-9,11H2,1-3H3. The fourth-order valence-corrected chi connectivity index (χ4v) is 1.85. The molecule has 1 atom stereocenters. The Kier molecular flexibility index (Phi) is 6.76. The van der Waals surface area contributed by atoms with E-state index in [1.54, 1.807) is 0 Å². The van der Waals surface area contributed by atoms with Crippen LogP contribution in [0.4, 0.5) is 0 Å². The highest BCUT2D eigenvalue weighted by Gasteiger charge is 2.08. The number of aliphatic hydroxyl groups excluding tert-OH is 1. The molecule has 0 aromatic heterocycles. The lowest BCUT2D eigenvalue weighted by Gasteiger charge is -2.18. The van der Waals surface area contributed by atoms with Gasteiger partial charge >= 0.3 is 0 Å². The maximum absolute atomic E-state index is 8.98. The summed E-state index contributed by atoms with van der Waals surface area (Å²) in [7, 11) is 0. The Labute approximate surface area is 110 Å². The predicted molar refractivity (Wildman–Crippen MR) is 75.2 cm³/mol. The molecule has 18 heavy (non-hydrogen) atoms. The molecule has 1 rings (SSSR count). The van der Waals surface area contributed by atoms with Crippen LogP contribution in [0.5, 0.6) is 5.75 Å². The zero-order valence-electron chi connectivity index (χ0n) is 11.6. The Bertz CT molecular complexity index is 333. The molecule has 0 saturated carbocycles. The van der Waals surface area contributed by atoms with Gasteiger partial charge in [0.1, 0.15) is 12.4 Å². The fourth-order valence-electron chi connectivity index (χ4n) is 1.85. The maximum atomic E-state index is 8.98. The molecule has 1 aromatic rings. The number of hydrogen-bond acceptors (Lipinski definition) is 3. The van der Waals surface area contributed by atoms with Crippen molar-refractivity contribution in [2.75, 3.05) is 19.8 Å². The summed E-state index contributed by atoms with van der Waals surface area (Å²) < 4.78 is 5.79.